The highest BCUT2D eigenvalue weighted by Gasteiger charge is 2.34. The third-order valence-corrected chi connectivity index (χ3v) is 4.56. The molecule has 0 bridgehead atoms. The van der Waals surface area contributed by atoms with Crippen molar-refractivity contribution in [1.29, 1.82) is 0 Å². The van der Waals surface area contributed by atoms with Gasteiger partial charge in [0.2, 0.25) is 11.8 Å². The van der Waals surface area contributed by atoms with Crippen LogP contribution in [-0.4, -0.2) is 47.8 Å². The highest BCUT2D eigenvalue weighted by Crippen LogP contribution is 2.29. The fraction of sp³-hybridized carbons (Fsp3) is 0.800. The minimum absolute atomic E-state index is 0.0409. The zero-order valence-corrected chi connectivity index (χ0v) is 12.6. The molecule has 1 saturated carbocycles. The van der Waals surface area contributed by atoms with Gasteiger partial charge >= 0.3 is 0 Å². The first-order valence-corrected chi connectivity index (χ1v) is 7.85. The minimum Gasteiger partial charge on any atom is -0.383 e. The van der Waals surface area contributed by atoms with E-state index in [1.54, 1.807) is 7.11 Å². The van der Waals surface area contributed by atoms with Gasteiger partial charge in [0.05, 0.1) is 12.5 Å². The number of amides is 1. The van der Waals surface area contributed by atoms with Gasteiger partial charge in [-0.15, -0.1) is 0 Å². The second kappa shape index (κ2) is 6.56. The number of likely N-dealkylation sites (tertiary alicyclic amines) is 1. The number of carbonyl (C=O) groups is 1. The molecular weight excluding hydrogens is 270 g/mol. The summed E-state index contributed by atoms with van der Waals surface area (Å²) in [5, 5.41) is 4.10. The molecule has 2 heterocycles. The SMILES string of the molecule is COCCN1CC(c2nc(CC3CCCC3)no2)CC1=O. The van der Waals surface area contributed by atoms with Gasteiger partial charge in [-0.05, 0) is 5.92 Å². The highest BCUT2D eigenvalue weighted by atomic mass is 16.5. The van der Waals surface area contributed by atoms with Crippen LogP contribution in [-0.2, 0) is 16.0 Å². The molecule has 2 aliphatic rings. The van der Waals surface area contributed by atoms with Crippen LogP contribution in [0.2, 0.25) is 0 Å². The molecule has 116 valence electrons. The topological polar surface area (TPSA) is 68.5 Å². The van der Waals surface area contributed by atoms with E-state index in [1.807, 2.05) is 4.90 Å². The van der Waals surface area contributed by atoms with Gasteiger partial charge in [-0.1, -0.05) is 30.8 Å². The maximum absolute atomic E-state index is 11.9. The van der Waals surface area contributed by atoms with Crippen molar-refractivity contribution in [3.63, 3.8) is 0 Å². The molecule has 1 unspecified atom stereocenters. The van der Waals surface area contributed by atoms with Crippen molar-refractivity contribution in [3.8, 4) is 0 Å². The van der Waals surface area contributed by atoms with Crippen molar-refractivity contribution in [2.45, 2.75) is 44.4 Å². The van der Waals surface area contributed by atoms with Gasteiger partial charge in [0.25, 0.3) is 0 Å². The van der Waals surface area contributed by atoms with E-state index in [0.717, 1.165) is 12.2 Å². The van der Waals surface area contributed by atoms with Gasteiger partial charge in [0.15, 0.2) is 5.82 Å². The Morgan fingerprint density at radius 2 is 2.19 bits per heavy atom. The molecule has 0 radical (unpaired) electrons. The Morgan fingerprint density at radius 1 is 1.38 bits per heavy atom. The number of rotatable bonds is 6. The maximum atomic E-state index is 11.9. The van der Waals surface area contributed by atoms with Gasteiger partial charge in [-0.25, -0.2) is 0 Å². The number of ether oxygens (including phenoxy) is 1. The fourth-order valence-electron chi connectivity index (χ4n) is 3.34. The Balaban J connectivity index is 1.57. The summed E-state index contributed by atoms with van der Waals surface area (Å²) in [6.07, 6.45) is 6.57. The predicted octanol–water partition coefficient (Wildman–Crippen LogP) is 1.76. The van der Waals surface area contributed by atoms with Crippen molar-refractivity contribution in [3.05, 3.63) is 11.7 Å². The molecule has 1 aliphatic carbocycles. The molecular formula is C15H23N3O3. The number of aromatic nitrogens is 2. The number of nitrogens with zero attached hydrogens (tertiary/aromatic N) is 3. The van der Waals surface area contributed by atoms with Crippen molar-refractivity contribution >= 4 is 5.91 Å². The normalized spacial score (nSPS) is 23.4. The molecule has 1 atom stereocenters. The molecule has 2 fully saturated rings. The number of carbonyl (C=O) groups excluding carboxylic acids is 1. The summed E-state index contributed by atoms with van der Waals surface area (Å²) >= 11 is 0. The summed E-state index contributed by atoms with van der Waals surface area (Å²) in [6.45, 7) is 1.86. The average Bonchev–Trinajstić information content (AvgIpc) is 3.19. The van der Waals surface area contributed by atoms with E-state index in [-0.39, 0.29) is 11.8 Å². The summed E-state index contributed by atoms with van der Waals surface area (Å²) in [7, 11) is 1.64. The molecule has 6 nitrogen and oxygen atoms in total. The van der Waals surface area contributed by atoms with Crippen LogP contribution in [0, 0.1) is 5.92 Å². The third kappa shape index (κ3) is 3.43. The Kier molecular flexibility index (Phi) is 4.53. The summed E-state index contributed by atoms with van der Waals surface area (Å²) in [5.41, 5.74) is 0. The van der Waals surface area contributed by atoms with Crippen LogP contribution >= 0.6 is 0 Å². The molecule has 1 aliphatic heterocycles. The first-order chi connectivity index (χ1) is 10.3. The van der Waals surface area contributed by atoms with E-state index in [4.69, 9.17) is 9.26 Å². The van der Waals surface area contributed by atoms with E-state index >= 15 is 0 Å². The maximum Gasteiger partial charge on any atom is 0.232 e. The lowest BCUT2D eigenvalue weighted by atomic mass is 10.0. The molecule has 1 amide bonds. The lowest BCUT2D eigenvalue weighted by molar-refractivity contribution is -0.128. The Bertz CT molecular complexity index is 482. The molecule has 21 heavy (non-hydrogen) atoms. The van der Waals surface area contributed by atoms with Crippen LogP contribution in [0.4, 0.5) is 0 Å². The summed E-state index contributed by atoms with van der Waals surface area (Å²) in [6, 6.07) is 0. The van der Waals surface area contributed by atoms with Crippen LogP contribution in [0.3, 0.4) is 0 Å². The van der Waals surface area contributed by atoms with Gasteiger partial charge in [-0.3, -0.25) is 4.79 Å². The standard InChI is InChI=1S/C15H23N3O3/c1-20-7-6-18-10-12(9-14(18)19)15-16-13(17-21-15)8-11-4-2-3-5-11/h11-12H,2-10H2,1H3. The zero-order chi connectivity index (χ0) is 14.7. The third-order valence-electron chi connectivity index (χ3n) is 4.56. The highest BCUT2D eigenvalue weighted by molar-refractivity contribution is 5.79. The van der Waals surface area contributed by atoms with Crippen molar-refractivity contribution in [2.24, 2.45) is 5.92 Å². The van der Waals surface area contributed by atoms with E-state index in [9.17, 15) is 4.79 Å². The molecule has 6 heteroatoms. The average molecular weight is 293 g/mol. The number of hydrogen-bond donors (Lipinski definition) is 0. The second-order valence-electron chi connectivity index (χ2n) is 6.14. The van der Waals surface area contributed by atoms with Gasteiger partial charge < -0.3 is 14.2 Å². The summed E-state index contributed by atoms with van der Waals surface area (Å²) < 4.78 is 10.4. The minimum atomic E-state index is 0.0409. The van der Waals surface area contributed by atoms with Gasteiger partial charge in [-0.2, -0.15) is 4.98 Å². The predicted molar refractivity (Wildman–Crippen MR) is 75.8 cm³/mol. The van der Waals surface area contributed by atoms with Crippen LogP contribution in [0.25, 0.3) is 0 Å². The van der Waals surface area contributed by atoms with E-state index in [0.29, 0.717) is 37.9 Å². The van der Waals surface area contributed by atoms with Crippen LogP contribution in [0.5, 0.6) is 0 Å². The Labute approximate surface area is 124 Å². The first kappa shape index (κ1) is 14.5. The molecule has 0 spiro atoms. The molecule has 0 aromatic carbocycles. The van der Waals surface area contributed by atoms with Crippen molar-refractivity contribution < 1.29 is 14.1 Å². The van der Waals surface area contributed by atoms with Crippen molar-refractivity contribution in [2.75, 3.05) is 26.8 Å². The second-order valence-corrected chi connectivity index (χ2v) is 6.14. The largest absolute Gasteiger partial charge is 0.383 e. The molecule has 1 aromatic rings. The monoisotopic (exact) mass is 293 g/mol. The molecule has 0 N–H and O–H groups in total. The quantitative estimate of drug-likeness (QED) is 0.799. The molecule has 1 aromatic heterocycles. The van der Waals surface area contributed by atoms with Crippen LogP contribution in [0.1, 0.15) is 49.7 Å². The van der Waals surface area contributed by atoms with Gasteiger partial charge in [0.1, 0.15) is 0 Å². The molecule has 1 saturated heterocycles. The summed E-state index contributed by atoms with van der Waals surface area (Å²) in [4.78, 5) is 18.3. The first-order valence-electron chi connectivity index (χ1n) is 7.85. The smallest absolute Gasteiger partial charge is 0.232 e. The summed E-state index contributed by atoms with van der Waals surface area (Å²) in [5.74, 6) is 2.32. The Hall–Kier alpha value is -1.43. The van der Waals surface area contributed by atoms with E-state index in [2.05, 4.69) is 10.1 Å². The van der Waals surface area contributed by atoms with E-state index in [1.165, 1.54) is 25.7 Å². The van der Waals surface area contributed by atoms with E-state index < -0.39 is 0 Å². The van der Waals surface area contributed by atoms with Crippen LogP contribution < -0.4 is 0 Å². The molecule has 3 rings (SSSR count). The lowest BCUT2D eigenvalue weighted by Gasteiger charge is -2.14. The van der Waals surface area contributed by atoms with Gasteiger partial charge in [0, 0.05) is 33.0 Å². The number of methoxy groups -OCH3 is 1. The number of hydrogen-bond acceptors (Lipinski definition) is 5. The fourth-order valence-corrected chi connectivity index (χ4v) is 3.34. The lowest BCUT2D eigenvalue weighted by Crippen LogP contribution is -2.28. The zero-order valence-electron chi connectivity index (χ0n) is 12.6. The Morgan fingerprint density at radius 3 is 2.95 bits per heavy atom. The van der Waals surface area contributed by atoms with Crippen LogP contribution in [0.15, 0.2) is 4.52 Å². The van der Waals surface area contributed by atoms with Crippen molar-refractivity contribution in [1.82, 2.24) is 15.0 Å².